The number of benzene rings is 2. The van der Waals surface area contributed by atoms with Crippen LogP contribution in [0.25, 0.3) is 0 Å². The standard InChI is InChI=1S/C27H35N3O3/c31-26(28-24-10-12-25(13-11-24)33-21-22-8-4-3-5-9-22)20-29-18-14-23(15-19-29)27(32)30-16-6-1-2-7-17-30/h3-5,8-13,23H,1-2,6-7,14-21H2,(H,28,31). The molecule has 2 saturated heterocycles. The lowest BCUT2D eigenvalue weighted by Gasteiger charge is -2.33. The number of amides is 2. The number of piperidine rings is 1. The third-order valence-corrected chi connectivity index (χ3v) is 6.61. The molecule has 2 aromatic rings. The molecule has 4 rings (SSSR count). The highest BCUT2D eigenvalue weighted by Gasteiger charge is 2.29. The van der Waals surface area contributed by atoms with Crippen LogP contribution >= 0.6 is 0 Å². The van der Waals surface area contributed by atoms with Gasteiger partial charge in [-0.3, -0.25) is 14.5 Å². The predicted molar refractivity (Wildman–Crippen MR) is 130 cm³/mol. The van der Waals surface area contributed by atoms with E-state index in [1.807, 2.05) is 54.6 Å². The molecule has 2 fully saturated rings. The fourth-order valence-electron chi connectivity index (χ4n) is 4.67. The maximum atomic E-state index is 12.8. The number of ether oxygens (including phenoxy) is 1. The van der Waals surface area contributed by atoms with Crippen LogP contribution in [0.5, 0.6) is 5.75 Å². The SMILES string of the molecule is O=C(CN1CCC(C(=O)N2CCCCCC2)CC1)Nc1ccc(OCc2ccccc2)cc1. The molecule has 176 valence electrons. The first-order chi connectivity index (χ1) is 16.2. The number of carbonyl (C=O) groups is 2. The second-order valence-corrected chi connectivity index (χ2v) is 9.14. The van der Waals surface area contributed by atoms with Gasteiger partial charge in [0.2, 0.25) is 11.8 Å². The third kappa shape index (κ3) is 7.06. The number of carbonyl (C=O) groups excluding carboxylic acids is 2. The van der Waals surface area contributed by atoms with Gasteiger partial charge in [-0.05, 0) is 68.6 Å². The number of rotatable bonds is 7. The summed E-state index contributed by atoms with van der Waals surface area (Å²) in [6, 6.07) is 17.5. The van der Waals surface area contributed by atoms with Crippen molar-refractivity contribution in [3.63, 3.8) is 0 Å². The lowest BCUT2D eigenvalue weighted by Crippen LogP contribution is -2.44. The summed E-state index contributed by atoms with van der Waals surface area (Å²) in [5.74, 6) is 1.19. The molecule has 0 unspecified atom stereocenters. The zero-order chi connectivity index (χ0) is 22.9. The Hall–Kier alpha value is -2.86. The molecule has 0 aromatic heterocycles. The molecule has 2 aliphatic heterocycles. The quantitative estimate of drug-likeness (QED) is 0.684. The van der Waals surface area contributed by atoms with E-state index in [2.05, 4.69) is 15.1 Å². The van der Waals surface area contributed by atoms with Crippen molar-refractivity contribution < 1.29 is 14.3 Å². The average Bonchev–Trinajstić information content (AvgIpc) is 3.14. The highest BCUT2D eigenvalue weighted by Crippen LogP contribution is 2.22. The van der Waals surface area contributed by atoms with Gasteiger partial charge in [0, 0.05) is 24.7 Å². The minimum Gasteiger partial charge on any atom is -0.489 e. The van der Waals surface area contributed by atoms with E-state index in [1.165, 1.54) is 12.8 Å². The molecule has 2 aromatic carbocycles. The largest absolute Gasteiger partial charge is 0.489 e. The number of nitrogens with zero attached hydrogens (tertiary/aromatic N) is 2. The summed E-state index contributed by atoms with van der Waals surface area (Å²) in [6.45, 7) is 4.29. The molecule has 0 radical (unpaired) electrons. The van der Waals surface area contributed by atoms with Gasteiger partial charge in [-0.25, -0.2) is 0 Å². The van der Waals surface area contributed by atoms with E-state index in [1.54, 1.807) is 0 Å². The highest BCUT2D eigenvalue weighted by atomic mass is 16.5. The first-order valence-corrected chi connectivity index (χ1v) is 12.3. The average molecular weight is 450 g/mol. The minimum atomic E-state index is -0.0229. The van der Waals surface area contributed by atoms with Crippen LogP contribution in [-0.4, -0.2) is 54.3 Å². The Kier molecular flexibility index (Phi) is 8.36. The van der Waals surface area contributed by atoms with E-state index in [4.69, 9.17) is 4.74 Å². The zero-order valence-electron chi connectivity index (χ0n) is 19.4. The molecule has 0 spiro atoms. The molecule has 33 heavy (non-hydrogen) atoms. The van der Waals surface area contributed by atoms with Crippen molar-refractivity contribution in [1.29, 1.82) is 0 Å². The van der Waals surface area contributed by atoms with Crippen LogP contribution in [0.15, 0.2) is 54.6 Å². The van der Waals surface area contributed by atoms with Crippen molar-refractivity contribution >= 4 is 17.5 Å². The zero-order valence-corrected chi connectivity index (χ0v) is 19.4. The van der Waals surface area contributed by atoms with E-state index in [-0.39, 0.29) is 11.8 Å². The smallest absolute Gasteiger partial charge is 0.238 e. The van der Waals surface area contributed by atoms with Gasteiger partial charge in [-0.15, -0.1) is 0 Å². The van der Waals surface area contributed by atoms with Crippen molar-refractivity contribution in [2.75, 3.05) is 38.0 Å². The van der Waals surface area contributed by atoms with Crippen molar-refractivity contribution in [2.45, 2.75) is 45.1 Å². The normalized spacial score (nSPS) is 17.9. The van der Waals surface area contributed by atoms with E-state index < -0.39 is 0 Å². The fraction of sp³-hybridized carbons (Fsp3) is 0.481. The molecule has 2 heterocycles. The third-order valence-electron chi connectivity index (χ3n) is 6.61. The first kappa shape index (κ1) is 23.3. The molecule has 2 aliphatic rings. The Balaban J connectivity index is 1.17. The van der Waals surface area contributed by atoms with Crippen LogP contribution in [0.1, 0.15) is 44.1 Å². The monoisotopic (exact) mass is 449 g/mol. The van der Waals surface area contributed by atoms with Gasteiger partial charge in [-0.1, -0.05) is 43.2 Å². The molecule has 1 N–H and O–H groups in total. The Morgan fingerprint density at radius 1 is 0.848 bits per heavy atom. The molecular weight excluding hydrogens is 414 g/mol. The van der Waals surface area contributed by atoms with Crippen molar-refractivity contribution in [3.8, 4) is 5.75 Å². The number of likely N-dealkylation sites (tertiary alicyclic amines) is 2. The van der Waals surface area contributed by atoms with Crippen molar-refractivity contribution in [3.05, 3.63) is 60.2 Å². The lowest BCUT2D eigenvalue weighted by atomic mass is 9.95. The topological polar surface area (TPSA) is 61.9 Å². The van der Waals surface area contributed by atoms with Crippen LogP contribution in [0, 0.1) is 5.92 Å². The Labute approximate surface area is 196 Å². The highest BCUT2D eigenvalue weighted by molar-refractivity contribution is 5.92. The maximum Gasteiger partial charge on any atom is 0.238 e. The summed E-state index contributed by atoms with van der Waals surface area (Å²) in [5.41, 5.74) is 1.88. The van der Waals surface area contributed by atoms with Crippen LogP contribution in [0.3, 0.4) is 0 Å². The lowest BCUT2D eigenvalue weighted by molar-refractivity contribution is -0.137. The van der Waals surface area contributed by atoms with Gasteiger partial charge in [0.1, 0.15) is 12.4 Å². The van der Waals surface area contributed by atoms with Crippen LogP contribution in [0.2, 0.25) is 0 Å². The van der Waals surface area contributed by atoms with E-state index in [9.17, 15) is 9.59 Å². The summed E-state index contributed by atoms with van der Waals surface area (Å²) in [6.07, 6.45) is 6.42. The summed E-state index contributed by atoms with van der Waals surface area (Å²) in [5, 5.41) is 2.97. The van der Waals surface area contributed by atoms with E-state index in [0.717, 1.165) is 68.9 Å². The van der Waals surface area contributed by atoms with Crippen LogP contribution < -0.4 is 10.1 Å². The number of anilines is 1. The maximum absolute atomic E-state index is 12.8. The molecule has 0 saturated carbocycles. The van der Waals surface area contributed by atoms with Crippen molar-refractivity contribution in [2.24, 2.45) is 5.92 Å². The van der Waals surface area contributed by atoms with Gasteiger partial charge < -0.3 is 15.0 Å². The fourth-order valence-corrected chi connectivity index (χ4v) is 4.67. The number of hydrogen-bond donors (Lipinski definition) is 1. The summed E-state index contributed by atoms with van der Waals surface area (Å²) < 4.78 is 5.80. The van der Waals surface area contributed by atoms with Gasteiger partial charge >= 0.3 is 0 Å². The van der Waals surface area contributed by atoms with Gasteiger partial charge in [-0.2, -0.15) is 0 Å². The van der Waals surface area contributed by atoms with Crippen molar-refractivity contribution in [1.82, 2.24) is 9.80 Å². The second-order valence-electron chi connectivity index (χ2n) is 9.14. The Morgan fingerprint density at radius 2 is 1.52 bits per heavy atom. The molecule has 6 heteroatoms. The number of hydrogen-bond acceptors (Lipinski definition) is 4. The molecule has 0 atom stereocenters. The molecular formula is C27H35N3O3. The van der Waals surface area contributed by atoms with Gasteiger partial charge in [0.05, 0.1) is 6.54 Å². The Morgan fingerprint density at radius 3 is 2.18 bits per heavy atom. The van der Waals surface area contributed by atoms with Crippen LogP contribution in [-0.2, 0) is 16.2 Å². The van der Waals surface area contributed by atoms with E-state index >= 15 is 0 Å². The summed E-state index contributed by atoms with van der Waals surface area (Å²) >= 11 is 0. The summed E-state index contributed by atoms with van der Waals surface area (Å²) in [7, 11) is 0. The first-order valence-electron chi connectivity index (χ1n) is 12.3. The molecule has 0 aliphatic carbocycles. The van der Waals surface area contributed by atoms with Gasteiger partial charge in [0.25, 0.3) is 0 Å². The molecule has 6 nitrogen and oxygen atoms in total. The molecule has 2 amide bonds. The molecule has 0 bridgehead atoms. The van der Waals surface area contributed by atoms with Crippen LogP contribution in [0.4, 0.5) is 5.69 Å². The second kappa shape index (κ2) is 11.8. The van der Waals surface area contributed by atoms with E-state index in [0.29, 0.717) is 19.1 Å². The Bertz CT molecular complexity index is 885. The minimum absolute atomic E-state index is 0.0229. The number of nitrogens with one attached hydrogen (secondary N) is 1. The summed E-state index contributed by atoms with van der Waals surface area (Å²) in [4.78, 5) is 29.6. The van der Waals surface area contributed by atoms with Gasteiger partial charge in [0.15, 0.2) is 0 Å². The predicted octanol–water partition coefficient (Wildman–Crippen LogP) is 4.32.